The molecule has 10 heteroatoms. The first kappa shape index (κ1) is 23.1. The Bertz CT molecular complexity index is 776. The van der Waals surface area contributed by atoms with E-state index < -0.39 is 10.0 Å². The van der Waals surface area contributed by atoms with Crippen molar-refractivity contribution in [3.8, 4) is 0 Å². The van der Waals surface area contributed by atoms with Gasteiger partial charge >= 0.3 is 0 Å². The number of halogens is 1. The van der Waals surface area contributed by atoms with E-state index in [4.69, 9.17) is 5.73 Å². The number of carbonyl (C=O) groups is 1. The highest BCUT2D eigenvalue weighted by molar-refractivity contribution is 7.89. The standard InChI is InChI=1S/C18H31N5O3S.ClH/c1-12(19)15-6-4-8-22(10-15)18(24)16-7-5-9-23(11-16)27(25,26)17-13(2)20-21-14(17)3;/h12,15-16H,4-11,19H2,1-3H3,(H,20,21);1H. The van der Waals surface area contributed by atoms with Gasteiger partial charge in [0.25, 0.3) is 0 Å². The average Bonchev–Trinajstić information content (AvgIpc) is 3.00. The molecule has 1 amide bonds. The van der Waals surface area contributed by atoms with E-state index in [1.54, 1.807) is 13.8 Å². The number of nitrogens with one attached hydrogen (secondary N) is 1. The van der Waals surface area contributed by atoms with E-state index in [1.165, 1.54) is 4.31 Å². The first-order valence-electron chi connectivity index (χ1n) is 9.78. The van der Waals surface area contributed by atoms with Crippen LogP contribution in [0.15, 0.2) is 4.90 Å². The molecule has 0 radical (unpaired) electrons. The zero-order valence-corrected chi connectivity index (χ0v) is 18.5. The summed E-state index contributed by atoms with van der Waals surface area (Å²) in [5.74, 6) is 0.108. The number of amides is 1. The largest absolute Gasteiger partial charge is 0.342 e. The summed E-state index contributed by atoms with van der Waals surface area (Å²) in [6.07, 6.45) is 3.43. The van der Waals surface area contributed by atoms with Gasteiger partial charge in [0, 0.05) is 32.2 Å². The molecule has 2 aliphatic heterocycles. The molecule has 0 spiro atoms. The van der Waals surface area contributed by atoms with Crippen LogP contribution in [0.4, 0.5) is 0 Å². The van der Waals surface area contributed by atoms with Crippen LogP contribution in [0.2, 0.25) is 0 Å². The minimum absolute atomic E-state index is 0. The molecule has 0 aromatic carbocycles. The number of rotatable bonds is 4. The molecule has 2 aliphatic rings. The van der Waals surface area contributed by atoms with Gasteiger partial charge in [0.2, 0.25) is 15.9 Å². The minimum Gasteiger partial charge on any atom is -0.342 e. The fourth-order valence-corrected chi connectivity index (χ4v) is 6.17. The fourth-order valence-electron chi connectivity index (χ4n) is 4.31. The first-order chi connectivity index (χ1) is 12.7. The quantitative estimate of drug-likeness (QED) is 0.745. The zero-order chi connectivity index (χ0) is 19.8. The lowest BCUT2D eigenvalue weighted by Crippen LogP contribution is -2.50. The summed E-state index contributed by atoms with van der Waals surface area (Å²) < 4.78 is 27.7. The Hall–Kier alpha value is -1.16. The van der Waals surface area contributed by atoms with E-state index in [0.29, 0.717) is 36.8 Å². The topological polar surface area (TPSA) is 112 Å². The number of hydrogen-bond acceptors (Lipinski definition) is 5. The third kappa shape index (κ3) is 4.53. The van der Waals surface area contributed by atoms with Gasteiger partial charge in [0.15, 0.2) is 0 Å². The highest BCUT2D eigenvalue weighted by Crippen LogP contribution is 2.29. The van der Waals surface area contributed by atoms with Gasteiger partial charge < -0.3 is 10.6 Å². The highest BCUT2D eigenvalue weighted by atomic mass is 35.5. The molecule has 3 unspecified atom stereocenters. The number of likely N-dealkylation sites (tertiary alicyclic amines) is 1. The van der Waals surface area contributed by atoms with Crippen LogP contribution in [0.3, 0.4) is 0 Å². The molecule has 8 nitrogen and oxygen atoms in total. The molecule has 160 valence electrons. The second-order valence-corrected chi connectivity index (χ2v) is 9.89. The van der Waals surface area contributed by atoms with Crippen molar-refractivity contribution in [1.29, 1.82) is 0 Å². The summed E-state index contributed by atoms with van der Waals surface area (Å²) in [6.45, 7) is 7.49. The van der Waals surface area contributed by atoms with Crippen LogP contribution in [0.25, 0.3) is 0 Å². The molecule has 1 aromatic rings. The van der Waals surface area contributed by atoms with E-state index in [0.717, 1.165) is 25.8 Å². The van der Waals surface area contributed by atoms with Crippen molar-refractivity contribution in [2.24, 2.45) is 17.6 Å². The number of sulfonamides is 1. The first-order valence-corrected chi connectivity index (χ1v) is 11.2. The second kappa shape index (κ2) is 9.11. The lowest BCUT2D eigenvalue weighted by Gasteiger charge is -2.39. The number of carbonyl (C=O) groups excluding carboxylic acids is 1. The summed E-state index contributed by atoms with van der Waals surface area (Å²) in [5, 5.41) is 6.75. The molecule has 1 aromatic heterocycles. The Morgan fingerprint density at radius 1 is 1.21 bits per heavy atom. The smallest absolute Gasteiger partial charge is 0.246 e. The monoisotopic (exact) mass is 433 g/mol. The molecular weight excluding hydrogens is 402 g/mol. The molecule has 0 aliphatic carbocycles. The normalized spacial score (nSPS) is 25.2. The molecule has 3 N–H and O–H groups in total. The van der Waals surface area contributed by atoms with Crippen molar-refractivity contribution in [2.75, 3.05) is 26.2 Å². The molecule has 3 atom stereocenters. The van der Waals surface area contributed by atoms with Crippen LogP contribution >= 0.6 is 12.4 Å². The Morgan fingerprint density at radius 2 is 1.89 bits per heavy atom. The van der Waals surface area contributed by atoms with E-state index in [1.807, 2.05) is 11.8 Å². The number of H-pyrrole nitrogens is 1. The lowest BCUT2D eigenvalue weighted by atomic mass is 9.90. The number of nitrogens with two attached hydrogens (primary N) is 1. The number of hydrogen-bond donors (Lipinski definition) is 2. The molecular formula is C18H32ClN5O3S. The van der Waals surface area contributed by atoms with Gasteiger partial charge in [-0.2, -0.15) is 9.40 Å². The molecule has 2 saturated heterocycles. The Labute approximate surface area is 173 Å². The van der Waals surface area contributed by atoms with Crippen molar-refractivity contribution in [2.45, 2.75) is 57.4 Å². The van der Waals surface area contributed by atoms with E-state index >= 15 is 0 Å². The summed E-state index contributed by atoms with van der Waals surface area (Å²) in [6, 6.07) is 0.0656. The van der Waals surface area contributed by atoms with E-state index in [-0.39, 0.29) is 41.7 Å². The van der Waals surface area contributed by atoms with Crippen molar-refractivity contribution in [3.05, 3.63) is 11.4 Å². The zero-order valence-electron chi connectivity index (χ0n) is 16.8. The molecule has 0 saturated carbocycles. The number of aromatic amines is 1. The highest BCUT2D eigenvalue weighted by Gasteiger charge is 2.38. The molecule has 3 heterocycles. The summed E-state index contributed by atoms with van der Waals surface area (Å²) in [5.41, 5.74) is 7.04. The lowest BCUT2D eigenvalue weighted by molar-refractivity contribution is -0.138. The maximum Gasteiger partial charge on any atom is 0.246 e. The van der Waals surface area contributed by atoms with Crippen LogP contribution in [-0.4, -0.2) is 65.9 Å². The maximum absolute atomic E-state index is 13.1. The number of aryl methyl sites for hydroxylation is 2. The summed E-state index contributed by atoms with van der Waals surface area (Å²) >= 11 is 0. The van der Waals surface area contributed by atoms with Crippen molar-refractivity contribution in [3.63, 3.8) is 0 Å². The predicted molar refractivity (Wildman–Crippen MR) is 110 cm³/mol. The number of aromatic nitrogens is 2. The second-order valence-electron chi connectivity index (χ2n) is 8.01. The van der Waals surface area contributed by atoms with E-state index in [9.17, 15) is 13.2 Å². The van der Waals surface area contributed by atoms with Gasteiger partial charge in [0.05, 0.1) is 17.3 Å². The Kier molecular flexibility index (Phi) is 7.52. The summed E-state index contributed by atoms with van der Waals surface area (Å²) in [4.78, 5) is 15.2. The fraction of sp³-hybridized carbons (Fsp3) is 0.778. The van der Waals surface area contributed by atoms with Gasteiger partial charge in [-0.05, 0) is 52.4 Å². The van der Waals surface area contributed by atoms with Crippen molar-refractivity contribution < 1.29 is 13.2 Å². The van der Waals surface area contributed by atoms with Gasteiger partial charge in [0.1, 0.15) is 4.90 Å². The SMILES string of the molecule is Cc1n[nH]c(C)c1S(=O)(=O)N1CCCC(C(=O)N2CCCC(C(C)N)C2)C1.Cl. The van der Waals surface area contributed by atoms with Crippen LogP contribution < -0.4 is 5.73 Å². The average molecular weight is 434 g/mol. The van der Waals surface area contributed by atoms with Gasteiger partial charge in [-0.1, -0.05) is 0 Å². The maximum atomic E-state index is 13.1. The van der Waals surface area contributed by atoms with Crippen LogP contribution in [0.1, 0.15) is 44.0 Å². The third-order valence-electron chi connectivity index (χ3n) is 5.90. The van der Waals surface area contributed by atoms with Crippen LogP contribution in [0.5, 0.6) is 0 Å². The summed E-state index contributed by atoms with van der Waals surface area (Å²) in [7, 11) is -3.65. The molecule has 2 fully saturated rings. The van der Waals surface area contributed by atoms with Gasteiger partial charge in [-0.15, -0.1) is 12.4 Å². The molecule has 3 rings (SSSR count). The third-order valence-corrected chi connectivity index (χ3v) is 8.03. The number of nitrogens with zero attached hydrogens (tertiary/aromatic N) is 3. The minimum atomic E-state index is -3.65. The van der Waals surface area contributed by atoms with Gasteiger partial charge in [-0.3, -0.25) is 9.89 Å². The van der Waals surface area contributed by atoms with Crippen molar-refractivity contribution in [1.82, 2.24) is 19.4 Å². The molecule has 28 heavy (non-hydrogen) atoms. The van der Waals surface area contributed by atoms with Crippen LogP contribution in [-0.2, 0) is 14.8 Å². The number of piperidine rings is 2. The Morgan fingerprint density at radius 3 is 2.50 bits per heavy atom. The Balaban J connectivity index is 0.00000280. The predicted octanol–water partition coefficient (Wildman–Crippen LogP) is 1.43. The van der Waals surface area contributed by atoms with Crippen molar-refractivity contribution >= 4 is 28.3 Å². The molecule has 0 bridgehead atoms. The van der Waals surface area contributed by atoms with Crippen LogP contribution in [0, 0.1) is 25.7 Å². The van der Waals surface area contributed by atoms with E-state index in [2.05, 4.69) is 10.2 Å². The van der Waals surface area contributed by atoms with Gasteiger partial charge in [-0.25, -0.2) is 8.42 Å².